The summed E-state index contributed by atoms with van der Waals surface area (Å²) in [6, 6.07) is 16.2. The van der Waals surface area contributed by atoms with Gasteiger partial charge in [-0.05, 0) is 49.1 Å². The van der Waals surface area contributed by atoms with Gasteiger partial charge >= 0.3 is 0 Å². The summed E-state index contributed by atoms with van der Waals surface area (Å²) >= 11 is 1.22. The van der Waals surface area contributed by atoms with Gasteiger partial charge in [0.2, 0.25) is 15.0 Å². The average molecular weight is 457 g/mol. The second kappa shape index (κ2) is 9.25. The van der Waals surface area contributed by atoms with Crippen molar-refractivity contribution in [2.24, 2.45) is 0 Å². The highest BCUT2D eigenvalue weighted by molar-refractivity contribution is 7.89. The van der Waals surface area contributed by atoms with Crippen molar-refractivity contribution >= 4 is 33.0 Å². The van der Waals surface area contributed by atoms with E-state index in [1.165, 1.54) is 15.6 Å². The van der Waals surface area contributed by atoms with E-state index in [1.807, 2.05) is 37.3 Å². The predicted molar refractivity (Wildman–Crippen MR) is 121 cm³/mol. The van der Waals surface area contributed by atoms with Crippen LogP contribution in [0.3, 0.4) is 0 Å². The molecule has 1 amide bonds. The van der Waals surface area contributed by atoms with Crippen LogP contribution in [0.4, 0.5) is 5.69 Å². The molecule has 0 radical (unpaired) electrons. The summed E-state index contributed by atoms with van der Waals surface area (Å²) in [5.41, 5.74) is 1.79. The third-order valence-corrected chi connectivity index (χ3v) is 8.33. The fourth-order valence-corrected chi connectivity index (χ4v) is 5.99. The molecule has 1 N–H and O–H groups in total. The van der Waals surface area contributed by atoms with E-state index in [1.54, 1.807) is 24.3 Å². The molecule has 31 heavy (non-hydrogen) atoms. The second-order valence-electron chi connectivity index (χ2n) is 7.47. The molecular formula is C22H24N4O3S2. The van der Waals surface area contributed by atoms with Gasteiger partial charge in [-0.3, -0.25) is 4.79 Å². The molecule has 7 nitrogen and oxygen atoms in total. The van der Waals surface area contributed by atoms with Crippen molar-refractivity contribution in [3.63, 3.8) is 0 Å². The maximum atomic E-state index is 13.1. The number of anilines is 1. The number of hydrogen-bond donors (Lipinski definition) is 1. The predicted octanol–water partition coefficient (Wildman–Crippen LogP) is 3.92. The minimum absolute atomic E-state index is 0.0748. The summed E-state index contributed by atoms with van der Waals surface area (Å²) in [7, 11) is -3.57. The number of nitrogens with zero attached hydrogens (tertiary/aromatic N) is 3. The number of hydrogen-bond acceptors (Lipinski definition) is 6. The molecule has 1 saturated heterocycles. The van der Waals surface area contributed by atoms with Gasteiger partial charge in [0.25, 0.3) is 5.91 Å². The van der Waals surface area contributed by atoms with E-state index >= 15 is 0 Å². The van der Waals surface area contributed by atoms with Gasteiger partial charge in [0.05, 0.1) is 4.90 Å². The summed E-state index contributed by atoms with van der Waals surface area (Å²) < 4.78 is 27.7. The van der Waals surface area contributed by atoms with Crippen molar-refractivity contribution in [3.05, 3.63) is 70.2 Å². The molecule has 1 atom stereocenters. The van der Waals surface area contributed by atoms with Crippen LogP contribution in [0, 0.1) is 0 Å². The molecule has 1 aliphatic heterocycles. The lowest BCUT2D eigenvalue weighted by Crippen LogP contribution is -2.39. The first-order valence-electron chi connectivity index (χ1n) is 10.3. The van der Waals surface area contributed by atoms with E-state index in [0.717, 1.165) is 24.8 Å². The third-order valence-electron chi connectivity index (χ3n) is 5.37. The zero-order valence-corrected chi connectivity index (χ0v) is 18.8. The Morgan fingerprint density at radius 1 is 1.13 bits per heavy atom. The lowest BCUT2D eigenvalue weighted by molar-refractivity contribution is 0.102. The summed E-state index contributed by atoms with van der Waals surface area (Å²) in [5, 5.41) is 12.0. The molecule has 0 spiro atoms. The van der Waals surface area contributed by atoms with Gasteiger partial charge < -0.3 is 5.32 Å². The summed E-state index contributed by atoms with van der Waals surface area (Å²) in [6.07, 6.45) is 2.42. The van der Waals surface area contributed by atoms with Crippen molar-refractivity contribution in [1.82, 2.24) is 14.5 Å². The highest BCUT2D eigenvalue weighted by Crippen LogP contribution is 2.32. The van der Waals surface area contributed by atoms with Gasteiger partial charge in [-0.25, -0.2) is 8.42 Å². The topological polar surface area (TPSA) is 92.3 Å². The first-order chi connectivity index (χ1) is 15.0. The maximum absolute atomic E-state index is 13.1. The Kier molecular flexibility index (Phi) is 6.45. The number of carbonyl (C=O) groups excluding carboxylic acids is 1. The number of aryl methyl sites for hydroxylation is 1. The molecule has 9 heteroatoms. The molecule has 0 bridgehead atoms. The normalized spacial score (nSPS) is 17.4. The van der Waals surface area contributed by atoms with E-state index in [0.29, 0.717) is 28.7 Å². The second-order valence-corrected chi connectivity index (χ2v) is 10.4. The molecule has 162 valence electrons. The van der Waals surface area contributed by atoms with Crippen LogP contribution in [0.25, 0.3) is 0 Å². The first kappa shape index (κ1) is 21.6. The van der Waals surface area contributed by atoms with Crippen LogP contribution in [0.5, 0.6) is 0 Å². The average Bonchev–Trinajstić information content (AvgIpc) is 3.30. The molecule has 1 fully saturated rings. The van der Waals surface area contributed by atoms with Gasteiger partial charge in [0, 0.05) is 24.7 Å². The van der Waals surface area contributed by atoms with Crippen LogP contribution in [-0.4, -0.2) is 41.9 Å². The van der Waals surface area contributed by atoms with E-state index in [-0.39, 0.29) is 16.8 Å². The van der Waals surface area contributed by atoms with E-state index in [9.17, 15) is 13.2 Å². The molecule has 2 heterocycles. The zero-order chi connectivity index (χ0) is 21.8. The van der Waals surface area contributed by atoms with Gasteiger partial charge in [0.1, 0.15) is 5.01 Å². The van der Waals surface area contributed by atoms with Crippen LogP contribution in [0.2, 0.25) is 0 Å². The minimum Gasteiger partial charge on any atom is -0.320 e. The zero-order valence-electron chi connectivity index (χ0n) is 17.2. The van der Waals surface area contributed by atoms with E-state index < -0.39 is 10.0 Å². The summed E-state index contributed by atoms with van der Waals surface area (Å²) in [6.45, 7) is 2.86. The molecule has 0 unspecified atom stereocenters. The van der Waals surface area contributed by atoms with Crippen molar-refractivity contribution in [2.45, 2.75) is 37.0 Å². The number of nitrogens with one attached hydrogen (secondary N) is 1. The smallest absolute Gasteiger partial charge is 0.286 e. The minimum atomic E-state index is -3.57. The molecular weight excluding hydrogens is 432 g/mol. The summed E-state index contributed by atoms with van der Waals surface area (Å²) in [5.74, 6) is -0.388. The number of benzene rings is 2. The highest BCUT2D eigenvalue weighted by atomic mass is 32.2. The first-order valence-corrected chi connectivity index (χ1v) is 12.5. The van der Waals surface area contributed by atoms with Gasteiger partial charge in [0.15, 0.2) is 0 Å². The molecule has 4 rings (SSSR count). The maximum Gasteiger partial charge on any atom is 0.286 e. The van der Waals surface area contributed by atoms with Gasteiger partial charge in [-0.2, -0.15) is 4.31 Å². The van der Waals surface area contributed by atoms with E-state index in [2.05, 4.69) is 15.5 Å². The highest BCUT2D eigenvalue weighted by Gasteiger charge is 2.32. The lowest BCUT2D eigenvalue weighted by Gasteiger charge is -2.30. The monoisotopic (exact) mass is 456 g/mol. The van der Waals surface area contributed by atoms with Crippen LogP contribution in [0.1, 0.15) is 46.1 Å². The number of amides is 1. The van der Waals surface area contributed by atoms with Crippen molar-refractivity contribution in [1.29, 1.82) is 0 Å². The van der Waals surface area contributed by atoms with Crippen molar-refractivity contribution < 1.29 is 13.2 Å². The Morgan fingerprint density at radius 3 is 2.58 bits per heavy atom. The number of carbonyl (C=O) groups is 1. The Hall–Kier alpha value is -2.62. The summed E-state index contributed by atoms with van der Waals surface area (Å²) in [4.78, 5) is 12.8. The van der Waals surface area contributed by atoms with Crippen LogP contribution in [-0.2, 0) is 16.4 Å². The fraction of sp³-hybridized carbons (Fsp3) is 0.318. The Labute approximate surface area is 186 Å². The molecule has 1 aliphatic rings. The molecule has 0 aliphatic carbocycles. The Morgan fingerprint density at radius 2 is 1.87 bits per heavy atom. The Bertz CT molecular complexity index is 1150. The van der Waals surface area contributed by atoms with Crippen LogP contribution < -0.4 is 5.32 Å². The van der Waals surface area contributed by atoms with Gasteiger partial charge in [-0.1, -0.05) is 48.6 Å². The molecule has 2 aromatic carbocycles. The standard InChI is InChI=1S/C22H24N4O3S2/c1-2-16-10-12-19(13-11-16)31(28,29)26-14-6-7-17(15-26)21-24-25-22(30-21)20(27)23-18-8-4-3-5-9-18/h3-5,8-13,17H,2,6-7,14-15H2,1H3,(H,23,27)/t17-/m1/s1. The van der Waals surface area contributed by atoms with Crippen molar-refractivity contribution in [3.8, 4) is 0 Å². The number of para-hydroxylation sites is 1. The SMILES string of the molecule is CCc1ccc(S(=O)(=O)N2CCC[C@@H](c3nnc(C(=O)Nc4ccccc4)s3)C2)cc1. The molecule has 1 aromatic heterocycles. The lowest BCUT2D eigenvalue weighted by atomic mass is 10.0. The Balaban J connectivity index is 1.46. The molecule has 3 aromatic rings. The number of aromatic nitrogens is 2. The third kappa shape index (κ3) is 4.84. The number of piperidine rings is 1. The fourth-order valence-electron chi connectivity index (χ4n) is 3.61. The number of sulfonamides is 1. The van der Waals surface area contributed by atoms with Gasteiger partial charge in [-0.15, -0.1) is 10.2 Å². The largest absolute Gasteiger partial charge is 0.320 e. The van der Waals surface area contributed by atoms with E-state index in [4.69, 9.17) is 0 Å². The van der Waals surface area contributed by atoms with Crippen LogP contribution >= 0.6 is 11.3 Å². The van der Waals surface area contributed by atoms with Crippen molar-refractivity contribution in [2.75, 3.05) is 18.4 Å². The van der Waals surface area contributed by atoms with Crippen LogP contribution in [0.15, 0.2) is 59.5 Å². The molecule has 0 saturated carbocycles. The number of rotatable bonds is 6. The quantitative estimate of drug-likeness (QED) is 0.607.